The van der Waals surface area contributed by atoms with Gasteiger partial charge in [0, 0.05) is 6.04 Å². The van der Waals surface area contributed by atoms with E-state index in [1.54, 1.807) is 0 Å². The molecule has 0 aromatic rings. The molecule has 0 spiro atoms. The highest BCUT2D eigenvalue weighted by atomic mass is 19.3. The molecule has 1 unspecified atom stereocenters. The lowest BCUT2D eigenvalue weighted by Crippen LogP contribution is -2.32. The molecule has 0 bridgehead atoms. The molecule has 0 amide bonds. The second-order valence-corrected chi connectivity index (χ2v) is 2.76. The van der Waals surface area contributed by atoms with Crippen LogP contribution in [0.15, 0.2) is 12.2 Å². The highest BCUT2D eigenvalue weighted by molar-refractivity contribution is 4.97. The number of alkyl halides is 2. The van der Waals surface area contributed by atoms with Crippen LogP contribution in [0.4, 0.5) is 8.78 Å². The molecule has 1 aliphatic rings. The Hall–Kier alpha value is -0.440. The van der Waals surface area contributed by atoms with Gasteiger partial charge in [0.15, 0.2) is 0 Å². The average Bonchev–Trinajstić information content (AvgIpc) is 2.03. The fourth-order valence-corrected chi connectivity index (χ4v) is 1.22. The molecule has 1 aliphatic carbocycles. The standard InChI is InChI=1S/C8H13F2N/c9-8(10)6-11-7-4-2-1-3-5-7/h2,4,7-8,11H,1,3,5-6H2. The zero-order valence-corrected chi connectivity index (χ0v) is 6.39. The van der Waals surface area contributed by atoms with Crippen molar-refractivity contribution in [3.8, 4) is 0 Å². The minimum atomic E-state index is -2.23. The molecule has 0 aromatic carbocycles. The molecule has 0 aliphatic heterocycles. The first-order valence-corrected chi connectivity index (χ1v) is 3.97. The second-order valence-electron chi connectivity index (χ2n) is 2.76. The van der Waals surface area contributed by atoms with Gasteiger partial charge in [0.2, 0.25) is 0 Å². The Bertz CT molecular complexity index is 134. The molecule has 0 fully saturated rings. The van der Waals surface area contributed by atoms with Crippen molar-refractivity contribution in [2.24, 2.45) is 0 Å². The van der Waals surface area contributed by atoms with E-state index in [1.165, 1.54) is 0 Å². The van der Waals surface area contributed by atoms with Crippen LogP contribution in [0.1, 0.15) is 19.3 Å². The summed E-state index contributed by atoms with van der Waals surface area (Å²) < 4.78 is 23.4. The van der Waals surface area contributed by atoms with E-state index >= 15 is 0 Å². The topological polar surface area (TPSA) is 12.0 Å². The summed E-state index contributed by atoms with van der Waals surface area (Å²) >= 11 is 0. The zero-order chi connectivity index (χ0) is 8.10. The van der Waals surface area contributed by atoms with Gasteiger partial charge in [0.05, 0.1) is 6.54 Å². The number of halogens is 2. The van der Waals surface area contributed by atoms with Crippen molar-refractivity contribution in [1.82, 2.24) is 5.32 Å². The van der Waals surface area contributed by atoms with Gasteiger partial charge in [-0.1, -0.05) is 12.2 Å². The summed E-state index contributed by atoms with van der Waals surface area (Å²) in [5, 5.41) is 2.78. The Morgan fingerprint density at radius 3 is 2.91 bits per heavy atom. The van der Waals surface area contributed by atoms with Gasteiger partial charge in [-0.15, -0.1) is 0 Å². The van der Waals surface area contributed by atoms with Gasteiger partial charge in [0.25, 0.3) is 6.43 Å². The van der Waals surface area contributed by atoms with E-state index in [4.69, 9.17) is 0 Å². The Morgan fingerprint density at radius 2 is 2.36 bits per heavy atom. The first-order chi connectivity index (χ1) is 5.29. The van der Waals surface area contributed by atoms with Gasteiger partial charge in [-0.2, -0.15) is 0 Å². The molecule has 0 aromatic heterocycles. The third kappa shape index (κ3) is 3.46. The maximum absolute atomic E-state index is 11.7. The van der Waals surface area contributed by atoms with Crippen molar-refractivity contribution in [1.29, 1.82) is 0 Å². The van der Waals surface area contributed by atoms with E-state index in [-0.39, 0.29) is 12.6 Å². The van der Waals surface area contributed by atoms with Gasteiger partial charge in [0.1, 0.15) is 0 Å². The van der Waals surface area contributed by atoms with Gasteiger partial charge in [-0.05, 0) is 19.3 Å². The first kappa shape index (κ1) is 8.65. The van der Waals surface area contributed by atoms with Crippen molar-refractivity contribution >= 4 is 0 Å². The predicted molar refractivity (Wildman–Crippen MR) is 40.8 cm³/mol. The second kappa shape index (κ2) is 4.44. The molecule has 3 heteroatoms. The molecule has 1 N–H and O–H groups in total. The van der Waals surface area contributed by atoms with E-state index in [1.807, 2.05) is 12.2 Å². The van der Waals surface area contributed by atoms with Crippen LogP contribution in [0.25, 0.3) is 0 Å². The normalized spacial score (nSPS) is 24.5. The quantitative estimate of drug-likeness (QED) is 0.624. The van der Waals surface area contributed by atoms with Crippen LogP contribution >= 0.6 is 0 Å². The molecule has 0 saturated carbocycles. The lowest BCUT2D eigenvalue weighted by Gasteiger charge is -2.17. The largest absolute Gasteiger partial charge is 0.305 e. The molecule has 1 rings (SSSR count). The fourth-order valence-electron chi connectivity index (χ4n) is 1.22. The fraction of sp³-hybridized carbons (Fsp3) is 0.750. The number of allylic oxidation sites excluding steroid dienone is 1. The Morgan fingerprint density at radius 1 is 1.55 bits per heavy atom. The monoisotopic (exact) mass is 161 g/mol. The third-order valence-electron chi connectivity index (χ3n) is 1.79. The van der Waals surface area contributed by atoms with Gasteiger partial charge < -0.3 is 5.32 Å². The number of hydrogen-bond acceptors (Lipinski definition) is 1. The molecule has 0 heterocycles. The van der Waals surface area contributed by atoms with Crippen LogP contribution in [-0.4, -0.2) is 19.0 Å². The van der Waals surface area contributed by atoms with E-state index in [9.17, 15) is 8.78 Å². The number of rotatable bonds is 3. The summed E-state index contributed by atoms with van der Waals surface area (Å²) in [5.41, 5.74) is 0. The minimum Gasteiger partial charge on any atom is -0.305 e. The van der Waals surface area contributed by atoms with Crippen molar-refractivity contribution in [3.05, 3.63) is 12.2 Å². The van der Waals surface area contributed by atoms with Crippen LogP contribution in [0.3, 0.4) is 0 Å². The van der Waals surface area contributed by atoms with Crippen LogP contribution in [0.5, 0.6) is 0 Å². The lowest BCUT2D eigenvalue weighted by molar-refractivity contribution is 0.142. The summed E-state index contributed by atoms with van der Waals surface area (Å²) in [6, 6.07) is 0.178. The summed E-state index contributed by atoms with van der Waals surface area (Å²) in [5.74, 6) is 0. The zero-order valence-electron chi connectivity index (χ0n) is 6.39. The van der Waals surface area contributed by atoms with Crippen LogP contribution < -0.4 is 5.32 Å². The van der Waals surface area contributed by atoms with Crippen molar-refractivity contribution < 1.29 is 8.78 Å². The summed E-state index contributed by atoms with van der Waals surface area (Å²) in [7, 11) is 0. The molecular weight excluding hydrogens is 148 g/mol. The minimum absolute atomic E-state index is 0.178. The molecule has 1 atom stereocenters. The number of hydrogen-bond donors (Lipinski definition) is 1. The summed E-state index contributed by atoms with van der Waals surface area (Å²) in [4.78, 5) is 0. The molecular formula is C8H13F2N. The Balaban J connectivity index is 2.15. The van der Waals surface area contributed by atoms with Crippen molar-refractivity contribution in [3.63, 3.8) is 0 Å². The van der Waals surface area contributed by atoms with Gasteiger partial charge in [-0.25, -0.2) is 8.78 Å². The SMILES string of the molecule is FC(F)CNC1C=CCCC1. The maximum atomic E-state index is 11.7. The summed E-state index contributed by atoms with van der Waals surface area (Å²) in [6.07, 6.45) is 4.98. The molecule has 0 radical (unpaired) electrons. The van der Waals surface area contributed by atoms with Crippen molar-refractivity contribution in [2.75, 3.05) is 6.54 Å². The highest BCUT2D eigenvalue weighted by Gasteiger charge is 2.09. The maximum Gasteiger partial charge on any atom is 0.250 e. The van der Waals surface area contributed by atoms with Crippen LogP contribution in [0.2, 0.25) is 0 Å². The van der Waals surface area contributed by atoms with Crippen molar-refractivity contribution in [2.45, 2.75) is 31.7 Å². The van der Waals surface area contributed by atoms with Crippen LogP contribution in [-0.2, 0) is 0 Å². The smallest absolute Gasteiger partial charge is 0.250 e. The molecule has 11 heavy (non-hydrogen) atoms. The van der Waals surface area contributed by atoms with Gasteiger partial charge in [-0.3, -0.25) is 0 Å². The highest BCUT2D eigenvalue weighted by Crippen LogP contribution is 2.09. The van der Waals surface area contributed by atoms with E-state index in [0.29, 0.717) is 0 Å². The first-order valence-electron chi connectivity index (χ1n) is 3.97. The van der Waals surface area contributed by atoms with E-state index in [0.717, 1.165) is 19.3 Å². The predicted octanol–water partition coefficient (Wildman–Crippen LogP) is 1.95. The number of nitrogens with one attached hydrogen (secondary N) is 1. The Labute approximate surface area is 65.5 Å². The average molecular weight is 161 g/mol. The molecule has 1 nitrogen and oxygen atoms in total. The molecule has 64 valence electrons. The third-order valence-corrected chi connectivity index (χ3v) is 1.79. The Kier molecular flexibility index (Phi) is 3.49. The van der Waals surface area contributed by atoms with Gasteiger partial charge >= 0.3 is 0 Å². The van der Waals surface area contributed by atoms with Crippen LogP contribution in [0, 0.1) is 0 Å². The molecule has 0 saturated heterocycles. The lowest BCUT2D eigenvalue weighted by atomic mass is 10.0. The summed E-state index contributed by atoms with van der Waals surface area (Å²) in [6.45, 7) is -0.186. The van der Waals surface area contributed by atoms with E-state index in [2.05, 4.69) is 5.32 Å². The van der Waals surface area contributed by atoms with E-state index < -0.39 is 6.43 Å².